The van der Waals surface area contributed by atoms with Gasteiger partial charge in [-0.2, -0.15) is 0 Å². The largest absolute Gasteiger partial charge is 0.292 e. The molecule has 9 aromatic rings. The Bertz CT molecular complexity index is 2590. The van der Waals surface area contributed by atoms with Crippen LogP contribution in [0.2, 0.25) is 0 Å². The summed E-state index contributed by atoms with van der Waals surface area (Å²) in [5, 5.41) is 3.34. The van der Waals surface area contributed by atoms with Gasteiger partial charge in [0, 0.05) is 33.2 Å². The molecule has 0 radical (unpaired) electrons. The number of hydrogen-bond donors (Lipinski definition) is 0. The van der Waals surface area contributed by atoms with E-state index in [1.54, 1.807) is 0 Å². The molecule has 0 unspecified atom stereocenters. The lowest BCUT2D eigenvalue weighted by atomic mass is 9.98. The summed E-state index contributed by atoms with van der Waals surface area (Å²) >= 11 is 0. The van der Waals surface area contributed by atoms with Gasteiger partial charge in [-0.05, 0) is 59.3 Å². The zero-order valence-corrected chi connectivity index (χ0v) is 26.4. The predicted octanol–water partition coefficient (Wildman–Crippen LogP) is 11.1. The van der Waals surface area contributed by atoms with Crippen LogP contribution in [-0.2, 0) is 0 Å². The molecule has 0 aliphatic heterocycles. The molecule has 2 aromatic heterocycles. The number of hydrogen-bond acceptors (Lipinski definition) is 3. The van der Waals surface area contributed by atoms with Crippen LogP contribution >= 0.6 is 0 Å². The molecule has 0 saturated heterocycles. The second-order valence-electron chi connectivity index (χ2n) is 12.2. The third-order valence-electron chi connectivity index (χ3n) is 9.08. The van der Waals surface area contributed by atoms with E-state index in [0.717, 1.165) is 78.2 Å². The Morgan fingerprint density at radius 1 is 0.458 bits per heavy atom. The van der Waals surface area contributed by atoms with E-state index >= 15 is 0 Å². The van der Waals surface area contributed by atoms with Crippen LogP contribution in [0, 0.1) is 6.92 Å². The van der Waals surface area contributed by atoms with Gasteiger partial charge in [0.15, 0.2) is 5.82 Å². The van der Waals surface area contributed by atoms with Gasteiger partial charge in [-0.25, -0.2) is 15.0 Å². The molecule has 4 heteroatoms. The van der Waals surface area contributed by atoms with Gasteiger partial charge in [-0.15, -0.1) is 0 Å². The van der Waals surface area contributed by atoms with Gasteiger partial charge in [0.25, 0.3) is 0 Å². The third kappa shape index (κ3) is 4.83. The van der Waals surface area contributed by atoms with Crippen LogP contribution in [0.1, 0.15) is 5.56 Å². The molecule has 226 valence electrons. The van der Waals surface area contributed by atoms with E-state index in [2.05, 4.69) is 151 Å². The molecule has 7 aromatic carbocycles. The number of para-hydroxylation sites is 1. The first-order valence-corrected chi connectivity index (χ1v) is 16.2. The maximum Gasteiger partial charge on any atom is 0.160 e. The summed E-state index contributed by atoms with van der Waals surface area (Å²) < 4.78 is 2.26. The predicted molar refractivity (Wildman–Crippen MR) is 198 cm³/mol. The third-order valence-corrected chi connectivity index (χ3v) is 9.08. The van der Waals surface area contributed by atoms with Crippen molar-refractivity contribution in [3.05, 3.63) is 169 Å². The lowest BCUT2D eigenvalue weighted by Crippen LogP contribution is -1.97. The highest BCUT2D eigenvalue weighted by atomic mass is 15.1. The Labute approximate surface area is 278 Å². The monoisotopic (exact) mass is 614 g/mol. The maximum atomic E-state index is 5.13. The Morgan fingerprint density at radius 2 is 1.10 bits per heavy atom. The van der Waals surface area contributed by atoms with E-state index in [1.807, 2.05) is 24.3 Å². The number of benzene rings is 7. The van der Waals surface area contributed by atoms with Crippen molar-refractivity contribution in [2.24, 2.45) is 0 Å². The fraction of sp³-hybridized carbons (Fsp3) is 0.0227. The molecule has 48 heavy (non-hydrogen) atoms. The zero-order valence-electron chi connectivity index (χ0n) is 26.4. The highest BCUT2D eigenvalue weighted by Gasteiger charge is 2.16. The van der Waals surface area contributed by atoms with E-state index in [0.29, 0.717) is 0 Å². The van der Waals surface area contributed by atoms with E-state index < -0.39 is 0 Å². The van der Waals surface area contributed by atoms with Crippen LogP contribution < -0.4 is 0 Å². The summed E-state index contributed by atoms with van der Waals surface area (Å²) in [6, 6.07) is 57.3. The van der Waals surface area contributed by atoms with Crippen molar-refractivity contribution >= 4 is 32.7 Å². The molecule has 0 atom stereocenters. The van der Waals surface area contributed by atoms with E-state index in [-0.39, 0.29) is 0 Å². The number of nitrogens with zero attached hydrogens (tertiary/aromatic N) is 4. The van der Waals surface area contributed by atoms with E-state index in [1.165, 1.54) is 10.9 Å². The first kappa shape index (κ1) is 27.9. The number of aromatic nitrogens is 4. The molecule has 9 rings (SSSR count). The van der Waals surface area contributed by atoms with Gasteiger partial charge in [0.1, 0.15) is 5.82 Å². The normalized spacial score (nSPS) is 11.4. The molecule has 0 spiro atoms. The van der Waals surface area contributed by atoms with Gasteiger partial charge in [0.2, 0.25) is 0 Å². The molecule has 4 nitrogen and oxygen atoms in total. The minimum absolute atomic E-state index is 0.728. The van der Waals surface area contributed by atoms with Gasteiger partial charge in [0.05, 0.1) is 22.2 Å². The van der Waals surface area contributed by atoms with E-state index in [4.69, 9.17) is 15.0 Å². The summed E-state index contributed by atoms with van der Waals surface area (Å²) in [5.41, 5.74) is 11.7. The Balaban J connectivity index is 1.10. The van der Waals surface area contributed by atoms with Crippen LogP contribution in [0.15, 0.2) is 164 Å². The average Bonchev–Trinajstić information content (AvgIpc) is 3.54. The standard InChI is InChI=1S/C44H30N4/c1-29-16-27-39-40(28-29)48(36-13-6-3-7-14-36)44(45-39)35-23-19-31(20-24-35)30-17-21-33(22-18-30)41-38-26-25-32-10-8-9-15-37(32)42(38)47-43(46-41)34-11-4-2-5-12-34/h2-28H,1H3. The van der Waals surface area contributed by atoms with Crippen LogP contribution in [0.4, 0.5) is 0 Å². The molecular weight excluding hydrogens is 585 g/mol. The highest BCUT2D eigenvalue weighted by molar-refractivity contribution is 6.09. The first-order chi connectivity index (χ1) is 23.7. The van der Waals surface area contributed by atoms with Crippen molar-refractivity contribution in [2.45, 2.75) is 6.92 Å². The lowest BCUT2D eigenvalue weighted by molar-refractivity contribution is 1.10. The Kier molecular flexibility index (Phi) is 6.65. The minimum Gasteiger partial charge on any atom is -0.292 e. The second-order valence-corrected chi connectivity index (χ2v) is 12.2. The smallest absolute Gasteiger partial charge is 0.160 e. The number of rotatable bonds is 5. The van der Waals surface area contributed by atoms with Crippen LogP contribution in [0.25, 0.3) is 83.6 Å². The summed E-state index contributed by atoms with van der Waals surface area (Å²) in [4.78, 5) is 15.3. The molecule has 0 amide bonds. The highest BCUT2D eigenvalue weighted by Crippen LogP contribution is 2.35. The van der Waals surface area contributed by atoms with Crippen molar-refractivity contribution in [3.63, 3.8) is 0 Å². The van der Waals surface area contributed by atoms with Gasteiger partial charge in [-0.3, -0.25) is 4.57 Å². The fourth-order valence-electron chi connectivity index (χ4n) is 6.65. The lowest BCUT2D eigenvalue weighted by Gasteiger charge is -2.12. The summed E-state index contributed by atoms with van der Waals surface area (Å²) in [6.45, 7) is 2.12. The Hall–Kier alpha value is -6.39. The minimum atomic E-state index is 0.728. The molecule has 0 saturated carbocycles. The number of fused-ring (bicyclic) bond motifs is 4. The molecule has 0 aliphatic carbocycles. The van der Waals surface area contributed by atoms with E-state index in [9.17, 15) is 0 Å². The van der Waals surface area contributed by atoms with Crippen molar-refractivity contribution in [3.8, 4) is 50.8 Å². The summed E-state index contributed by atoms with van der Waals surface area (Å²) in [6.07, 6.45) is 0. The maximum absolute atomic E-state index is 5.13. The first-order valence-electron chi connectivity index (χ1n) is 16.2. The number of aryl methyl sites for hydroxylation is 1. The molecule has 0 fully saturated rings. The number of imidazole rings is 1. The quantitative estimate of drug-likeness (QED) is 0.181. The van der Waals surface area contributed by atoms with Crippen molar-refractivity contribution in [1.82, 2.24) is 19.5 Å². The molecule has 2 heterocycles. The molecule has 0 bridgehead atoms. The molecule has 0 N–H and O–H groups in total. The molecular formula is C44H30N4. The average molecular weight is 615 g/mol. The second kappa shape index (κ2) is 11.4. The van der Waals surface area contributed by atoms with Crippen molar-refractivity contribution in [2.75, 3.05) is 0 Å². The topological polar surface area (TPSA) is 43.6 Å². The fourth-order valence-corrected chi connectivity index (χ4v) is 6.65. The SMILES string of the molecule is Cc1ccc2nc(-c3ccc(-c4ccc(-c5nc(-c6ccccc6)nc6c5ccc5ccccc56)cc4)cc3)n(-c3ccccc3)c2c1. The van der Waals surface area contributed by atoms with Crippen molar-refractivity contribution in [1.29, 1.82) is 0 Å². The van der Waals surface area contributed by atoms with Crippen LogP contribution in [0.3, 0.4) is 0 Å². The van der Waals surface area contributed by atoms with Crippen LogP contribution in [0.5, 0.6) is 0 Å². The van der Waals surface area contributed by atoms with Gasteiger partial charge < -0.3 is 0 Å². The van der Waals surface area contributed by atoms with Crippen LogP contribution in [-0.4, -0.2) is 19.5 Å². The zero-order chi connectivity index (χ0) is 32.0. The summed E-state index contributed by atoms with van der Waals surface area (Å²) in [5.74, 6) is 1.66. The Morgan fingerprint density at radius 3 is 1.85 bits per heavy atom. The summed E-state index contributed by atoms with van der Waals surface area (Å²) in [7, 11) is 0. The van der Waals surface area contributed by atoms with Gasteiger partial charge >= 0.3 is 0 Å². The van der Waals surface area contributed by atoms with Gasteiger partial charge in [-0.1, -0.05) is 133 Å². The van der Waals surface area contributed by atoms with Crippen molar-refractivity contribution < 1.29 is 0 Å². The molecule has 0 aliphatic rings.